The Bertz CT molecular complexity index is 518. The Hall–Kier alpha value is -2.46. The van der Waals surface area contributed by atoms with Crippen molar-refractivity contribution in [3.8, 4) is 0 Å². The van der Waals surface area contributed by atoms with Gasteiger partial charge < -0.3 is 19.3 Å². The SMILES string of the molecule is CC(=O)CN(CC(C)=O)C(=O)COCCOCC(=O)N(CC(C)=O)CC(C)=O. The van der Waals surface area contributed by atoms with E-state index in [4.69, 9.17) is 9.47 Å². The normalized spacial score (nSPS) is 10.3. The lowest BCUT2D eigenvalue weighted by molar-refractivity contribution is -0.143. The fraction of sp³-hybridized carbons (Fsp3) is 0.667. The van der Waals surface area contributed by atoms with Crippen molar-refractivity contribution in [2.75, 3.05) is 52.6 Å². The summed E-state index contributed by atoms with van der Waals surface area (Å²) in [5.74, 6) is -2.02. The Kier molecular flexibility index (Phi) is 12.5. The average molecular weight is 400 g/mol. The van der Waals surface area contributed by atoms with E-state index in [0.29, 0.717) is 0 Å². The second-order valence-corrected chi connectivity index (χ2v) is 6.41. The summed E-state index contributed by atoms with van der Waals surface area (Å²) < 4.78 is 10.3. The molecule has 0 aromatic heterocycles. The number of Topliss-reactive ketones (excluding diaryl/α,β-unsaturated/α-hetero) is 4. The number of rotatable bonds is 15. The molecule has 10 heteroatoms. The molecule has 158 valence electrons. The Balaban J connectivity index is 4.22. The highest BCUT2D eigenvalue weighted by atomic mass is 16.5. The maximum Gasteiger partial charge on any atom is 0.249 e. The third kappa shape index (κ3) is 12.8. The molecule has 0 radical (unpaired) electrons. The fourth-order valence-electron chi connectivity index (χ4n) is 2.16. The molecule has 0 spiro atoms. The summed E-state index contributed by atoms with van der Waals surface area (Å²) in [4.78, 5) is 70.8. The molecule has 0 saturated carbocycles. The molecule has 0 atom stereocenters. The number of nitrogens with zero attached hydrogens (tertiary/aromatic N) is 2. The molecule has 0 unspecified atom stereocenters. The topological polar surface area (TPSA) is 127 Å². The van der Waals surface area contributed by atoms with Crippen LogP contribution in [0.1, 0.15) is 27.7 Å². The third-order valence-corrected chi connectivity index (χ3v) is 3.18. The summed E-state index contributed by atoms with van der Waals surface area (Å²) in [5.41, 5.74) is 0. The molecule has 0 heterocycles. The first-order valence-electron chi connectivity index (χ1n) is 8.71. The highest BCUT2D eigenvalue weighted by Crippen LogP contribution is 1.95. The summed E-state index contributed by atoms with van der Waals surface area (Å²) in [5, 5.41) is 0. The predicted octanol–water partition coefficient (Wildman–Crippen LogP) is -0.967. The van der Waals surface area contributed by atoms with Crippen LogP contribution in [-0.4, -0.2) is 97.4 Å². The van der Waals surface area contributed by atoms with Crippen LogP contribution < -0.4 is 0 Å². The van der Waals surface area contributed by atoms with Crippen LogP contribution in [0.4, 0.5) is 0 Å². The van der Waals surface area contributed by atoms with E-state index in [-0.39, 0.29) is 75.7 Å². The first-order valence-corrected chi connectivity index (χ1v) is 8.71. The molecule has 0 aliphatic heterocycles. The average Bonchev–Trinajstić information content (AvgIpc) is 2.54. The molecule has 2 amide bonds. The second-order valence-electron chi connectivity index (χ2n) is 6.41. The molecule has 0 saturated heterocycles. The molecule has 0 aromatic rings. The third-order valence-electron chi connectivity index (χ3n) is 3.18. The molecular formula is C18H28N2O8. The van der Waals surface area contributed by atoms with Crippen LogP contribution >= 0.6 is 0 Å². The van der Waals surface area contributed by atoms with E-state index in [0.717, 1.165) is 9.80 Å². The van der Waals surface area contributed by atoms with Gasteiger partial charge in [0.25, 0.3) is 0 Å². The predicted molar refractivity (Wildman–Crippen MR) is 97.5 cm³/mol. The van der Waals surface area contributed by atoms with Crippen LogP contribution in [0.5, 0.6) is 0 Å². The van der Waals surface area contributed by atoms with Crippen LogP contribution in [-0.2, 0) is 38.2 Å². The molecule has 0 aliphatic carbocycles. The molecule has 28 heavy (non-hydrogen) atoms. The van der Waals surface area contributed by atoms with Gasteiger partial charge in [-0.15, -0.1) is 0 Å². The molecule has 0 aliphatic rings. The largest absolute Gasteiger partial charge is 0.369 e. The van der Waals surface area contributed by atoms with E-state index in [9.17, 15) is 28.8 Å². The maximum atomic E-state index is 12.0. The summed E-state index contributed by atoms with van der Waals surface area (Å²) >= 11 is 0. The Morgan fingerprint density at radius 2 is 0.786 bits per heavy atom. The second kappa shape index (κ2) is 13.7. The van der Waals surface area contributed by atoms with Gasteiger partial charge in [-0.2, -0.15) is 0 Å². The van der Waals surface area contributed by atoms with Gasteiger partial charge in [-0.05, 0) is 27.7 Å². The van der Waals surface area contributed by atoms with Crippen molar-refractivity contribution in [2.24, 2.45) is 0 Å². The van der Waals surface area contributed by atoms with E-state index < -0.39 is 11.8 Å². The van der Waals surface area contributed by atoms with Crippen molar-refractivity contribution in [2.45, 2.75) is 27.7 Å². The summed E-state index contributed by atoms with van der Waals surface area (Å²) in [7, 11) is 0. The summed E-state index contributed by atoms with van der Waals surface area (Å²) in [6.07, 6.45) is 0. The molecule has 0 N–H and O–H groups in total. The Morgan fingerprint density at radius 1 is 0.536 bits per heavy atom. The van der Waals surface area contributed by atoms with E-state index in [1.807, 2.05) is 0 Å². The number of ether oxygens (including phenoxy) is 2. The zero-order valence-corrected chi connectivity index (χ0v) is 16.8. The number of carbonyl (C=O) groups excluding carboxylic acids is 6. The van der Waals surface area contributed by atoms with Gasteiger partial charge in [0.05, 0.1) is 39.4 Å². The lowest BCUT2D eigenvalue weighted by atomic mass is 10.3. The van der Waals surface area contributed by atoms with Crippen molar-refractivity contribution in [1.82, 2.24) is 9.80 Å². The van der Waals surface area contributed by atoms with Gasteiger partial charge in [-0.1, -0.05) is 0 Å². The first kappa shape index (κ1) is 25.5. The van der Waals surface area contributed by atoms with Crippen molar-refractivity contribution >= 4 is 34.9 Å². The van der Waals surface area contributed by atoms with Gasteiger partial charge in [0, 0.05) is 0 Å². The van der Waals surface area contributed by atoms with Crippen LogP contribution in [0.15, 0.2) is 0 Å². The van der Waals surface area contributed by atoms with Crippen LogP contribution in [0, 0.1) is 0 Å². The molecule has 0 rings (SSSR count). The molecule has 0 aromatic carbocycles. The maximum absolute atomic E-state index is 12.0. The highest BCUT2D eigenvalue weighted by Gasteiger charge is 2.18. The zero-order valence-electron chi connectivity index (χ0n) is 16.8. The minimum absolute atomic E-state index is 0.00637. The zero-order chi connectivity index (χ0) is 21.7. The minimum Gasteiger partial charge on any atom is -0.369 e. The van der Waals surface area contributed by atoms with E-state index in [2.05, 4.69) is 0 Å². The van der Waals surface area contributed by atoms with Gasteiger partial charge in [0.2, 0.25) is 11.8 Å². The number of amides is 2. The van der Waals surface area contributed by atoms with Crippen molar-refractivity contribution in [3.63, 3.8) is 0 Å². The summed E-state index contributed by atoms with van der Waals surface area (Å²) in [6, 6.07) is 0. The van der Waals surface area contributed by atoms with E-state index in [1.165, 1.54) is 27.7 Å². The lowest BCUT2D eigenvalue weighted by Gasteiger charge is -2.20. The van der Waals surface area contributed by atoms with Gasteiger partial charge in [-0.25, -0.2) is 0 Å². The minimum atomic E-state index is -0.504. The van der Waals surface area contributed by atoms with E-state index in [1.54, 1.807) is 0 Å². The molecule has 0 bridgehead atoms. The highest BCUT2D eigenvalue weighted by molar-refractivity contribution is 5.90. The standard InChI is InChI=1S/C18H28N2O8/c1-13(21)7-19(8-14(2)22)17(25)11-27-5-6-28-12-18(26)20(9-15(3)23)10-16(4)24/h5-12H2,1-4H3. The quantitative estimate of drug-likeness (QED) is 0.321. The van der Waals surface area contributed by atoms with Crippen LogP contribution in [0.2, 0.25) is 0 Å². The smallest absolute Gasteiger partial charge is 0.249 e. The fourth-order valence-corrected chi connectivity index (χ4v) is 2.16. The molecule has 0 fully saturated rings. The Labute approximate surface area is 164 Å². The van der Waals surface area contributed by atoms with Crippen molar-refractivity contribution in [1.29, 1.82) is 0 Å². The number of hydrogen-bond donors (Lipinski definition) is 0. The van der Waals surface area contributed by atoms with Gasteiger partial charge in [-0.3, -0.25) is 28.8 Å². The summed E-state index contributed by atoms with van der Waals surface area (Å²) in [6.45, 7) is 3.91. The lowest BCUT2D eigenvalue weighted by Crippen LogP contribution is -2.41. The van der Waals surface area contributed by atoms with Crippen LogP contribution in [0.3, 0.4) is 0 Å². The number of hydrogen-bond acceptors (Lipinski definition) is 8. The van der Waals surface area contributed by atoms with Crippen molar-refractivity contribution in [3.05, 3.63) is 0 Å². The van der Waals surface area contributed by atoms with Crippen molar-refractivity contribution < 1.29 is 38.2 Å². The van der Waals surface area contributed by atoms with Gasteiger partial charge in [0.15, 0.2) is 0 Å². The van der Waals surface area contributed by atoms with Gasteiger partial charge >= 0.3 is 0 Å². The number of ketones is 4. The Morgan fingerprint density at radius 3 is 1.00 bits per heavy atom. The molecule has 10 nitrogen and oxygen atoms in total. The van der Waals surface area contributed by atoms with Crippen LogP contribution in [0.25, 0.3) is 0 Å². The number of carbonyl (C=O) groups is 6. The molecular weight excluding hydrogens is 372 g/mol. The van der Waals surface area contributed by atoms with E-state index >= 15 is 0 Å². The monoisotopic (exact) mass is 400 g/mol. The van der Waals surface area contributed by atoms with Gasteiger partial charge in [0.1, 0.15) is 36.3 Å². The first-order chi connectivity index (χ1) is 13.0.